The monoisotopic (exact) mass is 289 g/mol. The van der Waals surface area contributed by atoms with Crippen LogP contribution in [0.15, 0.2) is 16.6 Å². The fraction of sp³-hybridized carbons (Fsp3) is 0.500. The van der Waals surface area contributed by atoms with Gasteiger partial charge >= 0.3 is 0 Å². The molecule has 1 fully saturated rings. The van der Waals surface area contributed by atoms with E-state index in [0.717, 1.165) is 19.5 Å². The maximum atomic E-state index is 13.8. The van der Waals surface area contributed by atoms with Crippen molar-refractivity contribution in [3.05, 3.63) is 33.8 Å². The van der Waals surface area contributed by atoms with Gasteiger partial charge in [-0.2, -0.15) is 0 Å². The molecule has 0 amide bonds. The van der Waals surface area contributed by atoms with Gasteiger partial charge in [0.25, 0.3) is 0 Å². The second kappa shape index (κ2) is 4.41. The zero-order valence-electron chi connectivity index (χ0n) is 9.12. The van der Waals surface area contributed by atoms with Gasteiger partial charge in [0, 0.05) is 18.7 Å². The van der Waals surface area contributed by atoms with Gasteiger partial charge in [0.2, 0.25) is 0 Å². The summed E-state index contributed by atoms with van der Waals surface area (Å²) in [5, 5.41) is 3.17. The normalized spacial score (nSPS) is 18.2. The number of nitrogens with one attached hydrogen (secondary N) is 1. The van der Waals surface area contributed by atoms with Crippen molar-refractivity contribution < 1.29 is 8.78 Å². The van der Waals surface area contributed by atoms with Crippen LogP contribution < -0.4 is 5.32 Å². The summed E-state index contributed by atoms with van der Waals surface area (Å²) in [7, 11) is 0. The summed E-state index contributed by atoms with van der Waals surface area (Å²) in [4.78, 5) is 0. The van der Waals surface area contributed by atoms with Gasteiger partial charge in [-0.05, 0) is 46.3 Å². The molecule has 0 radical (unpaired) electrons. The topological polar surface area (TPSA) is 12.0 Å². The molecule has 1 nitrogen and oxygen atoms in total. The molecular formula is C12H14BrF2N. The molecule has 0 atom stereocenters. The lowest BCUT2D eigenvalue weighted by atomic mass is 9.74. The van der Waals surface area contributed by atoms with Crippen LogP contribution in [-0.4, -0.2) is 13.1 Å². The minimum atomic E-state index is -0.459. The third-order valence-electron chi connectivity index (χ3n) is 3.44. The molecule has 0 aliphatic carbocycles. The Bertz CT molecular complexity index is 397. The largest absolute Gasteiger partial charge is 0.316 e. The van der Waals surface area contributed by atoms with E-state index >= 15 is 0 Å². The van der Waals surface area contributed by atoms with E-state index in [1.807, 2.05) is 0 Å². The van der Waals surface area contributed by atoms with Crippen LogP contribution in [0.4, 0.5) is 8.78 Å². The van der Waals surface area contributed by atoms with Gasteiger partial charge in [-0.1, -0.05) is 6.92 Å². The first-order valence-corrected chi connectivity index (χ1v) is 6.20. The summed E-state index contributed by atoms with van der Waals surface area (Å²) in [5.41, 5.74) is 0.236. The fourth-order valence-corrected chi connectivity index (χ4v) is 2.46. The summed E-state index contributed by atoms with van der Waals surface area (Å²) >= 11 is 3.09. The van der Waals surface area contributed by atoms with Crippen LogP contribution >= 0.6 is 15.9 Å². The molecule has 16 heavy (non-hydrogen) atoms. The Hall–Kier alpha value is -0.480. The second-order valence-corrected chi connectivity index (χ2v) is 5.31. The van der Waals surface area contributed by atoms with E-state index in [9.17, 15) is 8.78 Å². The quantitative estimate of drug-likeness (QED) is 0.842. The average molecular weight is 290 g/mol. The highest BCUT2D eigenvalue weighted by Crippen LogP contribution is 2.34. The van der Waals surface area contributed by atoms with Crippen molar-refractivity contribution in [1.82, 2.24) is 5.32 Å². The zero-order valence-corrected chi connectivity index (χ0v) is 10.7. The molecule has 1 aromatic rings. The molecule has 4 heteroatoms. The van der Waals surface area contributed by atoms with Crippen molar-refractivity contribution in [2.45, 2.75) is 19.8 Å². The maximum Gasteiger partial charge on any atom is 0.143 e. The van der Waals surface area contributed by atoms with Crippen LogP contribution in [0.2, 0.25) is 0 Å². The molecule has 1 N–H and O–H groups in total. The molecule has 1 aliphatic rings. The lowest BCUT2D eigenvalue weighted by molar-refractivity contribution is 0.157. The third-order valence-corrected chi connectivity index (χ3v) is 4.05. The standard InChI is InChI=1S/C12H14BrF2N/c1-2-12(6-16-7-12)5-8-10(14)4-3-9(13)11(8)15/h3-4,16H,2,5-7H2,1H3. The number of hydrogen-bond acceptors (Lipinski definition) is 1. The molecule has 88 valence electrons. The van der Waals surface area contributed by atoms with Gasteiger partial charge in [0.05, 0.1) is 4.47 Å². The predicted molar refractivity (Wildman–Crippen MR) is 63.4 cm³/mol. The molecule has 0 unspecified atom stereocenters. The van der Waals surface area contributed by atoms with Gasteiger partial charge in [0.15, 0.2) is 0 Å². The maximum absolute atomic E-state index is 13.8. The molecular weight excluding hydrogens is 276 g/mol. The minimum absolute atomic E-state index is 0.0302. The summed E-state index contributed by atoms with van der Waals surface area (Å²) in [6.45, 7) is 3.75. The Morgan fingerprint density at radius 2 is 2.06 bits per heavy atom. The first kappa shape index (κ1) is 12.0. The average Bonchev–Trinajstić information content (AvgIpc) is 2.22. The van der Waals surface area contributed by atoms with E-state index in [1.54, 1.807) is 0 Å². The van der Waals surface area contributed by atoms with E-state index in [0.29, 0.717) is 10.9 Å². The van der Waals surface area contributed by atoms with E-state index in [-0.39, 0.29) is 11.0 Å². The summed E-state index contributed by atoms with van der Waals surface area (Å²) in [6, 6.07) is 2.73. The first-order valence-electron chi connectivity index (χ1n) is 5.41. The van der Waals surface area contributed by atoms with E-state index in [2.05, 4.69) is 28.2 Å². The van der Waals surface area contributed by atoms with E-state index in [4.69, 9.17) is 0 Å². The second-order valence-electron chi connectivity index (χ2n) is 4.46. The Kier molecular flexibility index (Phi) is 3.31. The van der Waals surface area contributed by atoms with Crippen LogP contribution in [0, 0.1) is 17.0 Å². The molecule has 0 bridgehead atoms. The van der Waals surface area contributed by atoms with Crippen molar-refractivity contribution in [1.29, 1.82) is 0 Å². The molecule has 0 saturated carbocycles. The van der Waals surface area contributed by atoms with Crippen molar-refractivity contribution >= 4 is 15.9 Å². The summed E-state index contributed by atoms with van der Waals surface area (Å²) in [5.74, 6) is -0.903. The van der Waals surface area contributed by atoms with E-state index in [1.165, 1.54) is 12.1 Å². The highest BCUT2D eigenvalue weighted by Gasteiger charge is 2.36. The van der Waals surface area contributed by atoms with Crippen molar-refractivity contribution in [3.63, 3.8) is 0 Å². The fourth-order valence-electron chi connectivity index (χ4n) is 2.08. The smallest absolute Gasteiger partial charge is 0.143 e. The SMILES string of the molecule is CCC1(Cc2c(F)ccc(Br)c2F)CNC1. The van der Waals surface area contributed by atoms with Crippen LogP contribution in [0.25, 0.3) is 0 Å². The van der Waals surface area contributed by atoms with Crippen LogP contribution in [0.3, 0.4) is 0 Å². The molecule has 0 spiro atoms. The molecule has 2 rings (SSSR count). The zero-order chi connectivity index (χ0) is 11.8. The number of rotatable bonds is 3. The highest BCUT2D eigenvalue weighted by molar-refractivity contribution is 9.10. The molecule has 0 aromatic heterocycles. The van der Waals surface area contributed by atoms with Gasteiger partial charge in [-0.3, -0.25) is 0 Å². The van der Waals surface area contributed by atoms with Gasteiger partial charge in [-0.25, -0.2) is 8.78 Å². The lowest BCUT2D eigenvalue weighted by Gasteiger charge is -2.42. The van der Waals surface area contributed by atoms with Gasteiger partial charge < -0.3 is 5.32 Å². The molecule has 1 aromatic carbocycles. The predicted octanol–water partition coefficient (Wildman–Crippen LogP) is 3.27. The van der Waals surface area contributed by atoms with Crippen molar-refractivity contribution in [2.24, 2.45) is 5.41 Å². The van der Waals surface area contributed by atoms with E-state index < -0.39 is 11.6 Å². The van der Waals surface area contributed by atoms with Crippen molar-refractivity contribution in [2.75, 3.05) is 13.1 Å². The Labute approximate surface area is 102 Å². The highest BCUT2D eigenvalue weighted by atomic mass is 79.9. The Morgan fingerprint density at radius 3 is 2.56 bits per heavy atom. The number of halogens is 3. The Morgan fingerprint density at radius 1 is 1.38 bits per heavy atom. The van der Waals surface area contributed by atoms with Crippen LogP contribution in [0.5, 0.6) is 0 Å². The van der Waals surface area contributed by atoms with Crippen molar-refractivity contribution in [3.8, 4) is 0 Å². The number of hydrogen-bond donors (Lipinski definition) is 1. The van der Waals surface area contributed by atoms with Gasteiger partial charge in [0.1, 0.15) is 11.6 Å². The van der Waals surface area contributed by atoms with Crippen LogP contribution in [0.1, 0.15) is 18.9 Å². The number of benzene rings is 1. The first-order chi connectivity index (χ1) is 7.58. The molecule has 1 aliphatic heterocycles. The Balaban J connectivity index is 2.30. The van der Waals surface area contributed by atoms with Crippen LogP contribution in [-0.2, 0) is 6.42 Å². The molecule has 1 saturated heterocycles. The summed E-state index contributed by atoms with van der Waals surface area (Å²) in [6.07, 6.45) is 1.40. The van der Waals surface area contributed by atoms with Gasteiger partial charge in [-0.15, -0.1) is 0 Å². The minimum Gasteiger partial charge on any atom is -0.316 e. The lowest BCUT2D eigenvalue weighted by Crippen LogP contribution is -2.54. The third kappa shape index (κ3) is 2.00. The molecule has 1 heterocycles. The summed E-state index contributed by atoms with van der Waals surface area (Å²) < 4.78 is 27.7.